The van der Waals surface area contributed by atoms with E-state index in [2.05, 4.69) is 5.32 Å². The van der Waals surface area contributed by atoms with E-state index >= 15 is 0 Å². The smallest absolute Gasteiger partial charge is 0.255 e. The number of hydrogen-bond acceptors (Lipinski definition) is 6. The minimum Gasteiger partial charge on any atom is -0.496 e. The molecule has 1 N–H and O–H groups in total. The molecule has 27 heavy (non-hydrogen) atoms. The van der Waals surface area contributed by atoms with Crippen molar-refractivity contribution in [1.82, 2.24) is 5.32 Å². The molecule has 1 amide bonds. The Bertz CT molecular complexity index is 974. The van der Waals surface area contributed by atoms with Gasteiger partial charge in [-0.05, 0) is 35.9 Å². The molecule has 0 aromatic heterocycles. The van der Waals surface area contributed by atoms with E-state index in [1.807, 2.05) is 6.07 Å². The van der Waals surface area contributed by atoms with Gasteiger partial charge in [-0.3, -0.25) is 9.10 Å². The van der Waals surface area contributed by atoms with Gasteiger partial charge in [0.25, 0.3) is 5.91 Å². The van der Waals surface area contributed by atoms with Gasteiger partial charge in [-0.1, -0.05) is 6.07 Å². The van der Waals surface area contributed by atoms with E-state index in [1.54, 1.807) is 24.3 Å². The Morgan fingerprint density at radius 3 is 2.63 bits per heavy atom. The molecule has 0 spiro atoms. The lowest BCUT2D eigenvalue weighted by atomic mass is 10.1. The van der Waals surface area contributed by atoms with E-state index in [0.29, 0.717) is 22.9 Å². The summed E-state index contributed by atoms with van der Waals surface area (Å²) in [6.45, 7) is 0.452. The van der Waals surface area contributed by atoms with E-state index in [-0.39, 0.29) is 24.8 Å². The third-order valence-electron chi connectivity index (χ3n) is 4.18. The van der Waals surface area contributed by atoms with Crippen molar-refractivity contribution >= 4 is 21.6 Å². The van der Waals surface area contributed by atoms with Crippen LogP contribution in [0.25, 0.3) is 0 Å². The maximum Gasteiger partial charge on any atom is 0.255 e. The van der Waals surface area contributed by atoms with Crippen LogP contribution in [-0.2, 0) is 16.6 Å². The molecule has 1 aliphatic heterocycles. The zero-order chi connectivity index (χ0) is 19.6. The fourth-order valence-corrected chi connectivity index (χ4v) is 3.09. The lowest BCUT2D eigenvalue weighted by Gasteiger charge is -2.18. The van der Waals surface area contributed by atoms with Crippen LogP contribution in [0.2, 0.25) is 0 Å². The summed E-state index contributed by atoms with van der Waals surface area (Å²) >= 11 is 0. The largest absolute Gasteiger partial charge is 0.496 e. The summed E-state index contributed by atoms with van der Waals surface area (Å²) in [5.41, 5.74) is 1.45. The Morgan fingerprint density at radius 2 is 1.93 bits per heavy atom. The van der Waals surface area contributed by atoms with Crippen molar-refractivity contribution in [2.24, 2.45) is 0 Å². The second-order valence-corrected chi connectivity index (χ2v) is 8.00. The zero-order valence-corrected chi connectivity index (χ0v) is 16.0. The molecule has 0 unspecified atom stereocenters. The minimum atomic E-state index is -3.44. The van der Waals surface area contributed by atoms with Crippen LogP contribution >= 0.6 is 0 Å². The summed E-state index contributed by atoms with van der Waals surface area (Å²) in [5, 5.41) is 2.80. The molecule has 144 valence electrons. The highest BCUT2D eigenvalue weighted by Crippen LogP contribution is 2.32. The predicted molar refractivity (Wildman–Crippen MR) is 100.0 cm³/mol. The fraction of sp³-hybridized carbons (Fsp3) is 0.278. The molecule has 0 atom stereocenters. The molecule has 2 aromatic rings. The number of methoxy groups -OCH3 is 1. The Kier molecular flexibility index (Phi) is 5.13. The van der Waals surface area contributed by atoms with Crippen LogP contribution in [0.4, 0.5) is 5.69 Å². The molecule has 2 aromatic carbocycles. The first-order valence-electron chi connectivity index (χ1n) is 8.08. The number of nitrogens with zero attached hydrogens (tertiary/aromatic N) is 1. The van der Waals surface area contributed by atoms with Crippen molar-refractivity contribution in [2.75, 3.05) is 31.5 Å². The fourth-order valence-electron chi connectivity index (χ4n) is 2.59. The molecule has 9 heteroatoms. The van der Waals surface area contributed by atoms with Crippen molar-refractivity contribution in [3.8, 4) is 17.2 Å². The summed E-state index contributed by atoms with van der Waals surface area (Å²) in [7, 11) is -0.574. The third kappa shape index (κ3) is 4.08. The van der Waals surface area contributed by atoms with Crippen LogP contribution < -0.4 is 23.8 Å². The molecule has 0 saturated heterocycles. The molecule has 1 heterocycles. The van der Waals surface area contributed by atoms with E-state index in [1.165, 1.54) is 20.2 Å². The molecule has 0 saturated carbocycles. The van der Waals surface area contributed by atoms with Gasteiger partial charge in [-0.25, -0.2) is 8.42 Å². The normalized spacial score (nSPS) is 12.6. The Morgan fingerprint density at radius 1 is 1.19 bits per heavy atom. The number of nitrogens with one attached hydrogen (secondary N) is 1. The highest BCUT2D eigenvalue weighted by Gasteiger charge is 2.19. The van der Waals surface area contributed by atoms with Crippen LogP contribution in [0.3, 0.4) is 0 Å². The average molecular weight is 392 g/mol. The van der Waals surface area contributed by atoms with E-state index in [9.17, 15) is 13.2 Å². The van der Waals surface area contributed by atoms with E-state index in [4.69, 9.17) is 14.2 Å². The monoisotopic (exact) mass is 392 g/mol. The molecule has 0 aliphatic carbocycles. The van der Waals surface area contributed by atoms with Gasteiger partial charge >= 0.3 is 0 Å². The number of hydrogen-bond donors (Lipinski definition) is 1. The van der Waals surface area contributed by atoms with Gasteiger partial charge < -0.3 is 19.5 Å². The highest BCUT2D eigenvalue weighted by atomic mass is 32.2. The standard InChI is InChI=1S/C18H20N2O6S/c1-20(27(3,22)23)13-5-7-15(24-2)14(9-13)18(21)19-10-12-4-6-16-17(8-12)26-11-25-16/h4-9H,10-11H2,1-3H3,(H,19,21). The quantitative estimate of drug-likeness (QED) is 0.805. The van der Waals surface area contributed by atoms with Crippen molar-refractivity contribution in [2.45, 2.75) is 6.54 Å². The molecule has 0 fully saturated rings. The second-order valence-electron chi connectivity index (χ2n) is 5.99. The first kappa shape index (κ1) is 18.8. The molecule has 0 bridgehead atoms. The maximum absolute atomic E-state index is 12.6. The second kappa shape index (κ2) is 7.36. The van der Waals surface area contributed by atoms with Crippen LogP contribution in [0.1, 0.15) is 15.9 Å². The first-order chi connectivity index (χ1) is 12.8. The summed E-state index contributed by atoms with van der Waals surface area (Å²) < 4.78 is 40.4. The van der Waals surface area contributed by atoms with Crippen molar-refractivity contribution in [3.05, 3.63) is 47.5 Å². The highest BCUT2D eigenvalue weighted by molar-refractivity contribution is 7.92. The van der Waals surface area contributed by atoms with Crippen LogP contribution in [0.15, 0.2) is 36.4 Å². The number of carbonyl (C=O) groups is 1. The number of rotatable bonds is 6. The molecule has 0 radical (unpaired) electrons. The number of amides is 1. The molecule has 3 rings (SSSR count). The number of benzene rings is 2. The lowest BCUT2D eigenvalue weighted by molar-refractivity contribution is 0.0948. The Balaban J connectivity index is 1.79. The van der Waals surface area contributed by atoms with Gasteiger partial charge in [-0.2, -0.15) is 0 Å². The van der Waals surface area contributed by atoms with E-state index < -0.39 is 10.0 Å². The van der Waals surface area contributed by atoms with Gasteiger partial charge in [-0.15, -0.1) is 0 Å². The SMILES string of the molecule is COc1ccc(N(C)S(C)(=O)=O)cc1C(=O)NCc1ccc2c(c1)OCO2. The summed E-state index contributed by atoms with van der Waals surface area (Å²) in [5.74, 6) is 1.27. The van der Waals surface area contributed by atoms with Crippen molar-refractivity contribution < 1.29 is 27.4 Å². The van der Waals surface area contributed by atoms with Crippen molar-refractivity contribution in [3.63, 3.8) is 0 Å². The summed E-state index contributed by atoms with van der Waals surface area (Å²) in [4.78, 5) is 12.6. The van der Waals surface area contributed by atoms with Gasteiger partial charge in [0.15, 0.2) is 11.5 Å². The number of carbonyl (C=O) groups excluding carboxylic acids is 1. The van der Waals surface area contributed by atoms with Gasteiger partial charge in [0.1, 0.15) is 5.75 Å². The van der Waals surface area contributed by atoms with Gasteiger partial charge in [0.2, 0.25) is 16.8 Å². The number of anilines is 1. The van der Waals surface area contributed by atoms with Crippen LogP contribution in [-0.4, -0.2) is 41.5 Å². The number of sulfonamides is 1. The third-order valence-corrected chi connectivity index (χ3v) is 5.38. The Labute approximate surface area is 157 Å². The van der Waals surface area contributed by atoms with E-state index in [0.717, 1.165) is 16.1 Å². The molecular weight excluding hydrogens is 372 g/mol. The Hall–Kier alpha value is -2.94. The van der Waals surface area contributed by atoms with Gasteiger partial charge in [0, 0.05) is 13.6 Å². The van der Waals surface area contributed by atoms with Crippen LogP contribution in [0.5, 0.6) is 17.2 Å². The molecular formula is C18H20N2O6S. The topological polar surface area (TPSA) is 94.2 Å². The van der Waals surface area contributed by atoms with Gasteiger partial charge in [0.05, 0.1) is 24.6 Å². The van der Waals surface area contributed by atoms with Crippen LogP contribution in [0, 0.1) is 0 Å². The molecule has 8 nitrogen and oxygen atoms in total. The minimum absolute atomic E-state index is 0.184. The lowest BCUT2D eigenvalue weighted by Crippen LogP contribution is -2.26. The number of ether oxygens (including phenoxy) is 3. The van der Waals surface area contributed by atoms with Crippen molar-refractivity contribution in [1.29, 1.82) is 0 Å². The number of fused-ring (bicyclic) bond motifs is 1. The molecule has 1 aliphatic rings. The average Bonchev–Trinajstić information content (AvgIpc) is 3.12. The summed E-state index contributed by atoms with van der Waals surface area (Å²) in [6.07, 6.45) is 1.09. The predicted octanol–water partition coefficient (Wildman–Crippen LogP) is 1.75. The zero-order valence-electron chi connectivity index (χ0n) is 15.2. The maximum atomic E-state index is 12.6. The first-order valence-corrected chi connectivity index (χ1v) is 9.93. The summed E-state index contributed by atoms with van der Waals surface area (Å²) in [6, 6.07) is 10.0.